The van der Waals surface area contributed by atoms with Crippen LogP contribution >= 0.6 is 0 Å². The number of benzene rings is 1. The Morgan fingerprint density at radius 3 is 2.54 bits per heavy atom. The first-order valence-electron chi connectivity index (χ1n) is 7.03. The van der Waals surface area contributed by atoms with Crippen LogP contribution in [0.1, 0.15) is 22.8 Å². The highest BCUT2D eigenvalue weighted by Gasteiger charge is 2.41. The van der Waals surface area contributed by atoms with Crippen LogP contribution in [-0.4, -0.2) is 12.0 Å². The first kappa shape index (κ1) is 15.6. The zero-order valence-electron chi connectivity index (χ0n) is 12.9. The molecule has 0 aliphatic carbocycles. The summed E-state index contributed by atoms with van der Waals surface area (Å²) < 4.78 is 15.5. The molecule has 24 heavy (non-hydrogen) atoms. The van der Waals surface area contributed by atoms with Crippen molar-refractivity contribution in [2.75, 3.05) is 7.11 Å². The number of fused-ring (bicyclic) bond motifs is 1. The van der Waals surface area contributed by atoms with Gasteiger partial charge in [0.1, 0.15) is 23.2 Å². The molecule has 1 aromatic heterocycles. The Morgan fingerprint density at radius 1 is 1.29 bits per heavy atom. The topological polar surface area (TPSA) is 118 Å². The second kappa shape index (κ2) is 5.73. The number of ether oxygens (including phenoxy) is 2. The number of aryl methyl sites for hydroxylation is 1. The Bertz CT molecular complexity index is 898. The molecule has 124 valence electrons. The van der Waals surface area contributed by atoms with Gasteiger partial charge in [-0.05, 0) is 24.6 Å². The molecule has 0 spiro atoms. The van der Waals surface area contributed by atoms with Gasteiger partial charge < -0.3 is 19.6 Å². The summed E-state index contributed by atoms with van der Waals surface area (Å²) >= 11 is 0. The van der Waals surface area contributed by atoms with Crippen molar-refractivity contribution in [3.8, 4) is 11.5 Å². The summed E-state index contributed by atoms with van der Waals surface area (Å²) in [5, 5.41) is 11.5. The number of hydrogen-bond acceptors (Lipinski definition) is 7. The molecule has 1 aliphatic heterocycles. The highest BCUT2D eigenvalue weighted by atomic mass is 16.6. The van der Waals surface area contributed by atoms with Crippen molar-refractivity contribution in [1.82, 2.24) is 0 Å². The van der Waals surface area contributed by atoms with Crippen molar-refractivity contribution in [2.24, 2.45) is 5.73 Å². The minimum Gasteiger partial charge on any atom is -0.497 e. The van der Waals surface area contributed by atoms with E-state index in [-0.39, 0.29) is 17.2 Å². The van der Waals surface area contributed by atoms with Gasteiger partial charge in [-0.3, -0.25) is 10.1 Å². The van der Waals surface area contributed by atoms with Crippen LogP contribution in [0.4, 0.5) is 0 Å². The zero-order valence-corrected chi connectivity index (χ0v) is 12.9. The van der Waals surface area contributed by atoms with Crippen molar-refractivity contribution in [3.63, 3.8) is 0 Å². The fraction of sp³-hybridized carbons (Fsp3) is 0.188. The predicted octanol–water partition coefficient (Wildman–Crippen LogP) is 1.89. The van der Waals surface area contributed by atoms with E-state index in [1.54, 1.807) is 31.2 Å². The fourth-order valence-corrected chi connectivity index (χ4v) is 2.70. The second-order valence-corrected chi connectivity index (χ2v) is 5.24. The molecule has 8 nitrogen and oxygen atoms in total. The van der Waals surface area contributed by atoms with Crippen LogP contribution in [0.2, 0.25) is 0 Å². The van der Waals surface area contributed by atoms with E-state index in [4.69, 9.17) is 19.6 Å². The largest absolute Gasteiger partial charge is 0.497 e. The van der Waals surface area contributed by atoms with Crippen molar-refractivity contribution >= 4 is 0 Å². The molecular weight excluding hydrogens is 316 g/mol. The summed E-state index contributed by atoms with van der Waals surface area (Å²) in [6, 6.07) is 8.04. The third-order valence-corrected chi connectivity index (χ3v) is 3.75. The van der Waals surface area contributed by atoms with Gasteiger partial charge in [0, 0.05) is 6.07 Å². The summed E-state index contributed by atoms with van der Waals surface area (Å²) in [6.07, 6.45) is 0. The lowest BCUT2D eigenvalue weighted by molar-refractivity contribution is -0.432. The predicted molar refractivity (Wildman–Crippen MR) is 83.4 cm³/mol. The minimum absolute atomic E-state index is 0.0478. The van der Waals surface area contributed by atoms with Crippen molar-refractivity contribution < 1.29 is 18.8 Å². The average molecular weight is 330 g/mol. The highest BCUT2D eigenvalue weighted by Crippen LogP contribution is 2.41. The molecule has 2 N–H and O–H groups in total. The Kier molecular flexibility index (Phi) is 3.72. The number of methoxy groups -OCH3 is 1. The molecule has 1 aliphatic rings. The van der Waals surface area contributed by atoms with Crippen molar-refractivity contribution in [1.29, 1.82) is 0 Å². The van der Waals surface area contributed by atoms with Crippen molar-refractivity contribution in [2.45, 2.75) is 12.8 Å². The first-order chi connectivity index (χ1) is 11.4. The monoisotopic (exact) mass is 330 g/mol. The maximum Gasteiger partial charge on any atom is 0.344 e. The molecule has 8 heteroatoms. The van der Waals surface area contributed by atoms with Gasteiger partial charge in [-0.25, -0.2) is 4.79 Å². The summed E-state index contributed by atoms with van der Waals surface area (Å²) in [5.41, 5.74) is 5.19. The Morgan fingerprint density at radius 2 is 1.96 bits per heavy atom. The van der Waals surface area contributed by atoms with Gasteiger partial charge in [0.25, 0.3) is 5.88 Å². The second-order valence-electron chi connectivity index (χ2n) is 5.24. The standard InChI is InChI=1S/C16H14N2O6/c1-8-7-11-13(16(19)23-8)12(14(18(20)21)15(17)24-11)9-3-5-10(22-2)6-4-9/h3-7,12H,17H2,1-2H3/t12-/m1/s1. The van der Waals surface area contributed by atoms with Crippen LogP contribution in [-0.2, 0) is 0 Å². The number of hydrogen-bond donors (Lipinski definition) is 1. The van der Waals surface area contributed by atoms with Gasteiger partial charge in [0.05, 0.1) is 17.6 Å². The van der Waals surface area contributed by atoms with E-state index >= 15 is 0 Å². The SMILES string of the molecule is COc1ccc([C@H]2C([N+](=O)[O-])=C(N)Oc3cc(C)oc(=O)c32)cc1. The number of nitrogens with zero attached hydrogens (tertiary/aromatic N) is 1. The van der Waals surface area contributed by atoms with Gasteiger partial charge in [-0.15, -0.1) is 0 Å². The van der Waals surface area contributed by atoms with E-state index in [9.17, 15) is 14.9 Å². The summed E-state index contributed by atoms with van der Waals surface area (Å²) in [4.78, 5) is 23.2. The van der Waals surface area contributed by atoms with Crippen LogP contribution in [0, 0.1) is 17.0 Å². The van der Waals surface area contributed by atoms with Gasteiger partial charge in [-0.2, -0.15) is 0 Å². The van der Waals surface area contributed by atoms with E-state index < -0.39 is 22.2 Å². The lowest BCUT2D eigenvalue weighted by atomic mass is 9.87. The van der Waals surface area contributed by atoms with Gasteiger partial charge in [-0.1, -0.05) is 12.1 Å². The van der Waals surface area contributed by atoms with Gasteiger partial charge in [0.15, 0.2) is 0 Å². The number of nitrogens with two attached hydrogens (primary N) is 1. The molecule has 0 radical (unpaired) electrons. The number of allylic oxidation sites excluding steroid dienone is 1. The summed E-state index contributed by atoms with van der Waals surface area (Å²) in [7, 11) is 1.51. The van der Waals surface area contributed by atoms with Crippen LogP contribution < -0.4 is 20.8 Å². The number of rotatable bonds is 3. The lowest BCUT2D eigenvalue weighted by Crippen LogP contribution is -2.29. The first-order valence-corrected chi connectivity index (χ1v) is 7.03. The summed E-state index contributed by atoms with van der Waals surface area (Å²) in [5.74, 6) is -0.274. The van der Waals surface area contributed by atoms with E-state index in [0.717, 1.165) is 0 Å². The van der Waals surface area contributed by atoms with Gasteiger partial charge in [0.2, 0.25) is 0 Å². The van der Waals surface area contributed by atoms with E-state index in [0.29, 0.717) is 17.1 Å². The normalized spacial score (nSPS) is 16.3. The maximum absolute atomic E-state index is 12.3. The quantitative estimate of drug-likeness (QED) is 0.674. The highest BCUT2D eigenvalue weighted by molar-refractivity contribution is 5.49. The van der Waals surface area contributed by atoms with Crippen LogP contribution in [0.5, 0.6) is 11.5 Å². The third-order valence-electron chi connectivity index (χ3n) is 3.75. The van der Waals surface area contributed by atoms with E-state index in [2.05, 4.69) is 0 Å². The molecule has 0 bridgehead atoms. The smallest absolute Gasteiger partial charge is 0.344 e. The third kappa shape index (κ3) is 2.47. The average Bonchev–Trinajstić information content (AvgIpc) is 2.53. The molecule has 0 amide bonds. The zero-order chi connectivity index (χ0) is 17.4. The lowest BCUT2D eigenvalue weighted by Gasteiger charge is -2.23. The maximum atomic E-state index is 12.3. The Balaban J connectivity index is 2.26. The molecule has 0 saturated heterocycles. The molecule has 2 aromatic rings. The molecule has 0 saturated carbocycles. The Hall–Kier alpha value is -3.29. The van der Waals surface area contributed by atoms with Crippen LogP contribution in [0.3, 0.4) is 0 Å². The molecule has 1 atom stereocenters. The van der Waals surface area contributed by atoms with E-state index in [1.165, 1.54) is 13.2 Å². The summed E-state index contributed by atoms with van der Waals surface area (Å²) in [6.45, 7) is 1.58. The molecule has 1 aromatic carbocycles. The fourth-order valence-electron chi connectivity index (χ4n) is 2.70. The molecule has 0 unspecified atom stereocenters. The van der Waals surface area contributed by atoms with Gasteiger partial charge >= 0.3 is 11.3 Å². The van der Waals surface area contributed by atoms with E-state index in [1.807, 2.05) is 0 Å². The van der Waals surface area contributed by atoms with Crippen LogP contribution in [0.15, 0.2) is 51.1 Å². The molecule has 2 heterocycles. The molecular formula is C16H14N2O6. The molecule has 3 rings (SSSR count). The molecule has 0 fully saturated rings. The minimum atomic E-state index is -0.994. The number of nitro groups is 1. The van der Waals surface area contributed by atoms with Crippen LogP contribution in [0.25, 0.3) is 0 Å². The Labute approximate surface area is 136 Å². The van der Waals surface area contributed by atoms with Crippen molar-refractivity contribution in [3.05, 3.63) is 79.3 Å².